The van der Waals surface area contributed by atoms with E-state index in [1.54, 1.807) is 6.21 Å². The van der Waals surface area contributed by atoms with Crippen LogP contribution >= 0.6 is 0 Å². The lowest BCUT2D eigenvalue weighted by atomic mass is 10.2. The van der Waals surface area contributed by atoms with E-state index in [1.807, 2.05) is 41.9 Å². The maximum absolute atomic E-state index is 10.9. The van der Waals surface area contributed by atoms with E-state index < -0.39 is 0 Å². The van der Waals surface area contributed by atoms with Crippen molar-refractivity contribution in [3.63, 3.8) is 0 Å². The molecule has 3 heteroatoms. The van der Waals surface area contributed by atoms with Crippen molar-refractivity contribution in [1.29, 1.82) is 0 Å². The minimum atomic E-state index is 0.814. The third-order valence-electron chi connectivity index (χ3n) is 2.30. The molecule has 1 heterocycles. The molecule has 0 aliphatic rings. The molecule has 0 spiro atoms. The van der Waals surface area contributed by atoms with Gasteiger partial charge in [0.15, 0.2) is 6.21 Å². The van der Waals surface area contributed by atoms with Gasteiger partial charge in [-0.25, -0.2) is 4.74 Å². The van der Waals surface area contributed by atoms with Gasteiger partial charge in [-0.3, -0.25) is 0 Å². The Kier molecular flexibility index (Phi) is 2.00. The predicted molar refractivity (Wildman–Crippen MR) is 57.6 cm³/mol. The lowest BCUT2D eigenvalue weighted by Gasteiger charge is -1.98. The molecule has 0 fully saturated rings. The molecule has 0 aliphatic carbocycles. The highest BCUT2D eigenvalue weighted by Crippen LogP contribution is 2.16. The molecule has 2 rings (SSSR count). The SMILES string of the molecule is Cn1c(/C=[N+](/C)[O-])cc2ccccc21. The molecule has 0 aliphatic heterocycles. The van der Waals surface area contributed by atoms with Gasteiger partial charge in [0.2, 0.25) is 0 Å². The zero-order chi connectivity index (χ0) is 10.1. The van der Waals surface area contributed by atoms with Crippen LogP contribution in [-0.4, -0.2) is 22.6 Å². The van der Waals surface area contributed by atoms with Gasteiger partial charge in [0.05, 0.1) is 0 Å². The second kappa shape index (κ2) is 3.18. The van der Waals surface area contributed by atoms with Gasteiger partial charge in [0, 0.05) is 18.0 Å². The average molecular weight is 188 g/mol. The van der Waals surface area contributed by atoms with Crippen LogP contribution in [0.4, 0.5) is 0 Å². The zero-order valence-corrected chi connectivity index (χ0v) is 8.27. The van der Waals surface area contributed by atoms with Gasteiger partial charge in [-0.1, -0.05) is 18.2 Å². The molecule has 0 saturated carbocycles. The van der Waals surface area contributed by atoms with Gasteiger partial charge in [-0.15, -0.1) is 0 Å². The van der Waals surface area contributed by atoms with Crippen LogP contribution < -0.4 is 0 Å². The first-order valence-electron chi connectivity index (χ1n) is 4.48. The molecule has 3 nitrogen and oxygen atoms in total. The third kappa shape index (κ3) is 1.37. The van der Waals surface area contributed by atoms with Gasteiger partial charge in [-0.05, 0) is 12.1 Å². The molecule has 0 bridgehead atoms. The summed E-state index contributed by atoms with van der Waals surface area (Å²) in [4.78, 5) is 0. The van der Waals surface area contributed by atoms with Crippen LogP contribution in [0.2, 0.25) is 0 Å². The molecule has 0 radical (unpaired) electrons. The summed E-state index contributed by atoms with van der Waals surface area (Å²) in [6.45, 7) is 0. The van der Waals surface area contributed by atoms with E-state index in [4.69, 9.17) is 0 Å². The second-order valence-corrected chi connectivity index (χ2v) is 3.36. The first-order chi connectivity index (χ1) is 6.68. The smallest absolute Gasteiger partial charge is 0.198 e. The number of hydroxylamine groups is 1. The Morgan fingerprint density at radius 2 is 2.07 bits per heavy atom. The molecule has 2 aromatic rings. The number of aryl methyl sites for hydroxylation is 1. The summed E-state index contributed by atoms with van der Waals surface area (Å²) in [7, 11) is 3.44. The van der Waals surface area contributed by atoms with Crippen molar-refractivity contribution in [3.05, 3.63) is 41.2 Å². The topological polar surface area (TPSA) is 31.0 Å². The fraction of sp³-hybridized carbons (Fsp3) is 0.182. The zero-order valence-electron chi connectivity index (χ0n) is 8.27. The molecule has 0 atom stereocenters. The molecule has 1 aromatic carbocycles. The lowest BCUT2D eigenvalue weighted by Crippen LogP contribution is -2.02. The van der Waals surface area contributed by atoms with Gasteiger partial charge in [-0.2, -0.15) is 0 Å². The Bertz CT molecular complexity index is 493. The minimum absolute atomic E-state index is 0.814. The molecule has 0 unspecified atom stereocenters. The quantitative estimate of drug-likeness (QED) is 0.290. The van der Waals surface area contributed by atoms with E-state index in [2.05, 4.69) is 0 Å². The number of benzene rings is 1. The summed E-state index contributed by atoms with van der Waals surface area (Å²) in [5.41, 5.74) is 2.06. The van der Waals surface area contributed by atoms with Crippen LogP contribution in [0.3, 0.4) is 0 Å². The largest absolute Gasteiger partial charge is 0.624 e. The van der Waals surface area contributed by atoms with E-state index in [-0.39, 0.29) is 0 Å². The van der Waals surface area contributed by atoms with E-state index >= 15 is 0 Å². The molecule has 0 N–H and O–H groups in total. The van der Waals surface area contributed by atoms with Crippen LogP contribution in [-0.2, 0) is 7.05 Å². The van der Waals surface area contributed by atoms with Crippen molar-refractivity contribution in [2.45, 2.75) is 0 Å². The fourth-order valence-corrected chi connectivity index (χ4v) is 1.62. The Balaban J connectivity index is 2.69. The van der Waals surface area contributed by atoms with Crippen molar-refractivity contribution in [3.8, 4) is 0 Å². The van der Waals surface area contributed by atoms with Crippen molar-refractivity contribution >= 4 is 17.1 Å². The van der Waals surface area contributed by atoms with Crippen molar-refractivity contribution in [2.75, 3.05) is 7.05 Å². The van der Waals surface area contributed by atoms with Gasteiger partial charge >= 0.3 is 0 Å². The second-order valence-electron chi connectivity index (χ2n) is 3.36. The number of fused-ring (bicyclic) bond motifs is 1. The van der Waals surface area contributed by atoms with E-state index in [1.165, 1.54) is 7.05 Å². The van der Waals surface area contributed by atoms with Crippen molar-refractivity contribution in [1.82, 2.24) is 4.57 Å². The lowest BCUT2D eigenvalue weighted by molar-refractivity contribution is -0.416. The highest BCUT2D eigenvalue weighted by atomic mass is 16.5. The molecular weight excluding hydrogens is 176 g/mol. The molecule has 14 heavy (non-hydrogen) atoms. The molecule has 0 amide bonds. The summed E-state index contributed by atoms with van der Waals surface area (Å²) in [6, 6.07) is 10.1. The third-order valence-corrected chi connectivity index (χ3v) is 2.30. The van der Waals surface area contributed by atoms with Gasteiger partial charge in [0.25, 0.3) is 0 Å². The van der Waals surface area contributed by atoms with E-state index in [0.717, 1.165) is 21.3 Å². The minimum Gasteiger partial charge on any atom is -0.624 e. The molecule has 1 aromatic heterocycles. The molecule has 72 valence electrons. The van der Waals surface area contributed by atoms with Crippen LogP contribution in [0.1, 0.15) is 5.69 Å². The van der Waals surface area contributed by atoms with Crippen molar-refractivity contribution in [2.24, 2.45) is 7.05 Å². The summed E-state index contributed by atoms with van der Waals surface area (Å²) < 4.78 is 2.82. The Hall–Kier alpha value is -1.77. The Labute approximate surface area is 82.5 Å². The van der Waals surface area contributed by atoms with Crippen LogP contribution in [0.25, 0.3) is 10.9 Å². The van der Waals surface area contributed by atoms with Crippen molar-refractivity contribution < 1.29 is 4.74 Å². The van der Waals surface area contributed by atoms with Crippen LogP contribution in [0.5, 0.6) is 0 Å². The maximum Gasteiger partial charge on any atom is 0.198 e. The number of hydrogen-bond donors (Lipinski definition) is 0. The number of aromatic nitrogens is 1. The summed E-state index contributed by atoms with van der Waals surface area (Å²) in [5.74, 6) is 0. The average Bonchev–Trinajstić information content (AvgIpc) is 2.44. The highest BCUT2D eigenvalue weighted by Gasteiger charge is 2.04. The maximum atomic E-state index is 10.9. The number of para-hydroxylation sites is 1. The number of rotatable bonds is 1. The Morgan fingerprint density at radius 3 is 2.71 bits per heavy atom. The normalized spacial score (nSPS) is 12.3. The monoisotopic (exact) mass is 188 g/mol. The fourth-order valence-electron chi connectivity index (χ4n) is 1.62. The first kappa shape index (κ1) is 8.81. The predicted octanol–water partition coefficient (Wildman–Crippen LogP) is 1.74. The summed E-state index contributed by atoms with van der Waals surface area (Å²) in [6.07, 6.45) is 1.57. The van der Waals surface area contributed by atoms with Gasteiger partial charge in [0.1, 0.15) is 12.7 Å². The summed E-state index contributed by atoms with van der Waals surface area (Å²) in [5, 5.41) is 12.0. The summed E-state index contributed by atoms with van der Waals surface area (Å²) >= 11 is 0. The first-order valence-corrected chi connectivity index (χ1v) is 4.48. The van der Waals surface area contributed by atoms with E-state index in [9.17, 15) is 5.21 Å². The standard InChI is InChI=1S/C11H12N2O/c1-12(14)8-10-7-9-5-3-4-6-11(9)13(10)2/h3-8H,1-2H3/b12-8-. The number of hydrogen-bond acceptors (Lipinski definition) is 1. The Morgan fingerprint density at radius 1 is 1.36 bits per heavy atom. The van der Waals surface area contributed by atoms with Crippen LogP contribution in [0.15, 0.2) is 30.3 Å². The van der Waals surface area contributed by atoms with Gasteiger partial charge < -0.3 is 9.77 Å². The highest BCUT2D eigenvalue weighted by molar-refractivity contribution is 5.88. The molecule has 0 saturated heterocycles. The van der Waals surface area contributed by atoms with Crippen LogP contribution in [0, 0.1) is 5.21 Å². The number of nitrogens with zero attached hydrogens (tertiary/aromatic N) is 2. The van der Waals surface area contributed by atoms with E-state index in [0.29, 0.717) is 0 Å². The molecular formula is C11H12N2O.